The SMILES string of the molecule is C/C=C\SC(=C\C)/C(=C\CCC)/C=C(/Cl)c1cc([N+](=O)[O-])ccc1C. The van der Waals surface area contributed by atoms with E-state index in [1.807, 2.05) is 44.4 Å². The summed E-state index contributed by atoms with van der Waals surface area (Å²) in [5, 5.41) is 13.6. The summed E-state index contributed by atoms with van der Waals surface area (Å²) in [6.45, 7) is 7.99. The van der Waals surface area contributed by atoms with Gasteiger partial charge in [-0.05, 0) is 49.8 Å². The van der Waals surface area contributed by atoms with E-state index in [4.69, 9.17) is 11.6 Å². The van der Waals surface area contributed by atoms with Crippen LogP contribution in [0.1, 0.15) is 44.7 Å². The van der Waals surface area contributed by atoms with Gasteiger partial charge < -0.3 is 0 Å². The molecule has 0 aromatic heterocycles. The predicted octanol–water partition coefficient (Wildman–Crippen LogP) is 7.38. The van der Waals surface area contributed by atoms with Crippen molar-refractivity contribution in [1.29, 1.82) is 0 Å². The summed E-state index contributed by atoms with van der Waals surface area (Å²) >= 11 is 8.17. The first-order valence-corrected chi connectivity index (χ1v) is 9.47. The Hall–Kier alpha value is -1.78. The maximum atomic E-state index is 11.0. The van der Waals surface area contributed by atoms with E-state index < -0.39 is 4.92 Å². The van der Waals surface area contributed by atoms with Crippen molar-refractivity contribution in [2.24, 2.45) is 0 Å². The van der Waals surface area contributed by atoms with Gasteiger partial charge in [-0.3, -0.25) is 10.1 Å². The Bertz CT molecular complexity index is 733. The third-order valence-corrected chi connectivity index (χ3v) is 4.95. The van der Waals surface area contributed by atoms with Gasteiger partial charge in [-0.15, -0.1) is 0 Å². The Morgan fingerprint density at radius 1 is 1.36 bits per heavy atom. The normalized spacial score (nSPS) is 13.6. The molecule has 0 aliphatic heterocycles. The Kier molecular flexibility index (Phi) is 9.32. The van der Waals surface area contributed by atoms with Crippen LogP contribution in [0.25, 0.3) is 5.03 Å². The summed E-state index contributed by atoms with van der Waals surface area (Å²) in [6.07, 6.45) is 10.1. The Balaban J connectivity index is 3.33. The molecule has 3 nitrogen and oxygen atoms in total. The Labute approximate surface area is 159 Å². The highest BCUT2D eigenvalue weighted by molar-refractivity contribution is 8.06. The van der Waals surface area contributed by atoms with Gasteiger partial charge in [-0.2, -0.15) is 0 Å². The molecule has 0 unspecified atom stereocenters. The molecular formula is C20H24ClNO2S. The number of unbranched alkanes of at least 4 members (excludes halogenated alkanes) is 1. The lowest BCUT2D eigenvalue weighted by Crippen LogP contribution is -1.92. The number of hydrogen-bond donors (Lipinski definition) is 0. The van der Waals surface area contributed by atoms with Crippen molar-refractivity contribution in [3.05, 3.63) is 79.6 Å². The highest BCUT2D eigenvalue weighted by Gasteiger charge is 2.12. The van der Waals surface area contributed by atoms with Crippen molar-refractivity contribution in [2.75, 3.05) is 0 Å². The summed E-state index contributed by atoms with van der Waals surface area (Å²) in [5.74, 6) is 0. The summed E-state index contributed by atoms with van der Waals surface area (Å²) in [6, 6.07) is 4.75. The molecule has 0 saturated carbocycles. The molecule has 0 aliphatic rings. The van der Waals surface area contributed by atoms with Gasteiger partial charge in [-0.1, -0.05) is 61.0 Å². The van der Waals surface area contributed by atoms with Crippen molar-refractivity contribution in [3.63, 3.8) is 0 Å². The number of nitro benzene ring substituents is 1. The number of nitro groups is 1. The van der Waals surface area contributed by atoms with Crippen molar-refractivity contribution in [3.8, 4) is 0 Å². The van der Waals surface area contributed by atoms with Crippen molar-refractivity contribution >= 4 is 34.1 Å². The number of thioether (sulfide) groups is 1. The van der Waals surface area contributed by atoms with Crippen LogP contribution in [0.3, 0.4) is 0 Å². The Morgan fingerprint density at radius 2 is 2.08 bits per heavy atom. The zero-order valence-electron chi connectivity index (χ0n) is 15.1. The molecule has 0 N–H and O–H groups in total. The second kappa shape index (κ2) is 11.0. The predicted molar refractivity (Wildman–Crippen MR) is 111 cm³/mol. The fourth-order valence-corrected chi connectivity index (χ4v) is 3.19. The number of hydrogen-bond acceptors (Lipinski definition) is 3. The van der Waals surface area contributed by atoms with Gasteiger partial charge in [0.25, 0.3) is 5.69 Å². The van der Waals surface area contributed by atoms with E-state index in [-0.39, 0.29) is 5.69 Å². The zero-order valence-corrected chi connectivity index (χ0v) is 16.7. The van der Waals surface area contributed by atoms with Crippen molar-refractivity contribution < 1.29 is 4.92 Å². The van der Waals surface area contributed by atoms with Crippen LogP contribution in [0.15, 0.2) is 58.4 Å². The van der Waals surface area contributed by atoms with Crippen LogP contribution in [0, 0.1) is 17.0 Å². The maximum absolute atomic E-state index is 11.0. The molecule has 0 spiro atoms. The van der Waals surface area contributed by atoms with E-state index in [9.17, 15) is 10.1 Å². The number of halogens is 1. The average molecular weight is 378 g/mol. The third kappa shape index (κ3) is 6.56. The van der Waals surface area contributed by atoms with Gasteiger partial charge >= 0.3 is 0 Å². The molecule has 0 bridgehead atoms. The zero-order chi connectivity index (χ0) is 18.8. The van der Waals surface area contributed by atoms with E-state index in [1.165, 1.54) is 12.1 Å². The van der Waals surface area contributed by atoms with Crippen LogP contribution in [-0.2, 0) is 0 Å². The standard InChI is InChI=1S/C20H24ClNO2S/c1-5-8-9-16(20(7-3)25-12-6-2)13-19(21)18-14-17(22(23)24)11-10-15(18)4/h6-7,9-14H,5,8H2,1-4H3/b12-6-,16-9-,19-13+,20-7-. The molecular weight excluding hydrogens is 354 g/mol. The van der Waals surface area contributed by atoms with E-state index in [2.05, 4.69) is 13.0 Å². The minimum absolute atomic E-state index is 0.0424. The van der Waals surface area contributed by atoms with E-state index in [0.717, 1.165) is 28.9 Å². The Morgan fingerprint density at radius 3 is 2.64 bits per heavy atom. The van der Waals surface area contributed by atoms with E-state index in [0.29, 0.717) is 10.6 Å². The van der Waals surface area contributed by atoms with Crippen LogP contribution in [-0.4, -0.2) is 4.92 Å². The van der Waals surface area contributed by atoms with Crippen molar-refractivity contribution in [2.45, 2.75) is 40.5 Å². The van der Waals surface area contributed by atoms with Crippen LogP contribution in [0.4, 0.5) is 5.69 Å². The minimum atomic E-state index is -0.403. The lowest BCUT2D eigenvalue weighted by Gasteiger charge is -2.09. The van der Waals surface area contributed by atoms with Crippen molar-refractivity contribution in [1.82, 2.24) is 0 Å². The van der Waals surface area contributed by atoms with Crippen LogP contribution in [0.5, 0.6) is 0 Å². The van der Waals surface area contributed by atoms with E-state index in [1.54, 1.807) is 17.8 Å². The van der Waals surface area contributed by atoms with Gasteiger partial charge in [0.2, 0.25) is 0 Å². The minimum Gasteiger partial charge on any atom is -0.258 e. The van der Waals surface area contributed by atoms with Crippen LogP contribution < -0.4 is 0 Å². The first-order valence-electron chi connectivity index (χ1n) is 8.21. The fraction of sp³-hybridized carbons (Fsp3) is 0.300. The van der Waals surface area contributed by atoms with Crippen LogP contribution in [0.2, 0.25) is 0 Å². The molecule has 134 valence electrons. The van der Waals surface area contributed by atoms with Gasteiger partial charge in [0.1, 0.15) is 0 Å². The lowest BCUT2D eigenvalue weighted by atomic mass is 10.0. The maximum Gasteiger partial charge on any atom is 0.270 e. The largest absolute Gasteiger partial charge is 0.270 e. The highest BCUT2D eigenvalue weighted by atomic mass is 35.5. The second-order valence-corrected chi connectivity index (χ2v) is 6.79. The first-order chi connectivity index (χ1) is 11.9. The number of allylic oxidation sites excluding steroid dienone is 5. The molecule has 0 aliphatic carbocycles. The molecule has 1 aromatic carbocycles. The number of benzene rings is 1. The molecule has 1 rings (SSSR count). The number of non-ortho nitro benzene ring substituents is 1. The molecule has 0 radical (unpaired) electrons. The quantitative estimate of drug-likeness (QED) is 0.269. The fourth-order valence-electron chi connectivity index (χ4n) is 2.17. The lowest BCUT2D eigenvalue weighted by molar-refractivity contribution is -0.384. The highest BCUT2D eigenvalue weighted by Crippen LogP contribution is 2.32. The van der Waals surface area contributed by atoms with E-state index >= 15 is 0 Å². The summed E-state index contributed by atoms with van der Waals surface area (Å²) < 4.78 is 0. The average Bonchev–Trinajstić information content (AvgIpc) is 2.59. The number of aryl methyl sites for hydroxylation is 1. The number of rotatable bonds is 8. The second-order valence-electron chi connectivity index (χ2n) is 5.44. The van der Waals surface area contributed by atoms with Gasteiger partial charge in [0.05, 0.1) is 4.92 Å². The summed E-state index contributed by atoms with van der Waals surface area (Å²) in [5.41, 5.74) is 2.67. The molecule has 25 heavy (non-hydrogen) atoms. The molecule has 5 heteroatoms. The molecule has 0 amide bonds. The molecule has 0 atom stereocenters. The van der Waals surface area contributed by atoms with Gasteiger partial charge in [0.15, 0.2) is 0 Å². The molecule has 0 saturated heterocycles. The third-order valence-electron chi connectivity index (χ3n) is 3.50. The van der Waals surface area contributed by atoms with Gasteiger partial charge in [0, 0.05) is 27.6 Å². The topological polar surface area (TPSA) is 43.1 Å². The molecule has 0 fully saturated rings. The summed E-state index contributed by atoms with van der Waals surface area (Å²) in [4.78, 5) is 11.7. The molecule has 1 aromatic rings. The van der Waals surface area contributed by atoms with Crippen LogP contribution >= 0.6 is 23.4 Å². The van der Waals surface area contributed by atoms with Gasteiger partial charge in [-0.25, -0.2) is 0 Å². The number of nitrogens with zero attached hydrogens (tertiary/aromatic N) is 1. The monoisotopic (exact) mass is 377 g/mol. The summed E-state index contributed by atoms with van der Waals surface area (Å²) in [7, 11) is 0. The molecule has 0 heterocycles. The smallest absolute Gasteiger partial charge is 0.258 e. The first kappa shape index (κ1) is 21.3.